The molecule has 0 atom stereocenters. The second-order valence-electron chi connectivity index (χ2n) is 4.49. The number of hydrogen-bond acceptors (Lipinski definition) is 6. The van der Waals surface area contributed by atoms with Crippen LogP contribution in [0.5, 0.6) is 0 Å². The molecule has 6 heteroatoms. The van der Waals surface area contributed by atoms with Gasteiger partial charge >= 0.3 is 0 Å². The van der Waals surface area contributed by atoms with Crippen LogP contribution in [0.2, 0.25) is 0 Å². The zero-order valence-corrected chi connectivity index (χ0v) is 12.8. The fourth-order valence-corrected chi connectivity index (χ4v) is 2.76. The normalized spacial score (nSPS) is 11.0. The van der Waals surface area contributed by atoms with Gasteiger partial charge in [0.1, 0.15) is 0 Å². The summed E-state index contributed by atoms with van der Waals surface area (Å²) in [6.45, 7) is 6.81. The Morgan fingerprint density at radius 3 is 2.21 bits per heavy atom. The molecular weight excluding hydrogens is 264 g/mol. The van der Waals surface area contributed by atoms with E-state index in [0.29, 0.717) is 18.1 Å². The van der Waals surface area contributed by atoms with Crippen LogP contribution >= 0.6 is 11.3 Å². The third-order valence-electron chi connectivity index (χ3n) is 2.72. The van der Waals surface area contributed by atoms with Crippen molar-refractivity contribution in [3.8, 4) is 0 Å². The number of aldehydes is 1. The van der Waals surface area contributed by atoms with Crippen molar-refractivity contribution in [2.24, 2.45) is 0 Å². The van der Waals surface area contributed by atoms with Gasteiger partial charge in [-0.15, -0.1) is 0 Å². The quantitative estimate of drug-likeness (QED) is 0.651. The molecule has 0 radical (unpaired) electrons. The average molecular weight is 286 g/mol. The highest BCUT2D eigenvalue weighted by molar-refractivity contribution is 7.17. The monoisotopic (exact) mass is 286 g/mol. The summed E-state index contributed by atoms with van der Waals surface area (Å²) in [4.78, 5) is 18.5. The maximum absolute atomic E-state index is 11.1. The van der Waals surface area contributed by atoms with Crippen LogP contribution in [0.25, 0.3) is 0 Å². The van der Waals surface area contributed by atoms with Crippen LogP contribution in [-0.4, -0.2) is 51.8 Å². The third kappa shape index (κ3) is 4.56. The standard InChI is InChI=1S/C13H22N2O3S/c1-10(2)12-11(9-16)19-13(14-12)15(5-7-17-3)6-8-18-4/h9-10H,5-8H2,1-4H3. The largest absolute Gasteiger partial charge is 0.383 e. The zero-order chi connectivity index (χ0) is 14.3. The molecule has 0 fully saturated rings. The minimum atomic E-state index is 0.247. The van der Waals surface area contributed by atoms with Gasteiger partial charge in [0, 0.05) is 27.3 Å². The summed E-state index contributed by atoms with van der Waals surface area (Å²) in [6.07, 6.45) is 0.890. The Hall–Kier alpha value is -0.980. The van der Waals surface area contributed by atoms with E-state index in [1.54, 1.807) is 14.2 Å². The highest BCUT2D eigenvalue weighted by Gasteiger charge is 2.17. The first kappa shape index (κ1) is 16.1. The summed E-state index contributed by atoms with van der Waals surface area (Å²) in [6, 6.07) is 0. The van der Waals surface area contributed by atoms with Gasteiger partial charge in [0.25, 0.3) is 0 Å². The number of hydrogen-bond donors (Lipinski definition) is 0. The molecule has 0 aromatic carbocycles. The first-order chi connectivity index (χ1) is 9.13. The maximum Gasteiger partial charge on any atom is 0.186 e. The SMILES string of the molecule is COCCN(CCOC)c1nc(C(C)C)c(C=O)s1. The van der Waals surface area contributed by atoms with Gasteiger partial charge in [-0.25, -0.2) is 4.98 Å². The van der Waals surface area contributed by atoms with E-state index < -0.39 is 0 Å². The summed E-state index contributed by atoms with van der Waals surface area (Å²) in [5.41, 5.74) is 0.870. The molecule has 0 aliphatic carbocycles. The fourth-order valence-electron chi connectivity index (χ4n) is 1.67. The molecule has 1 aromatic rings. The molecule has 19 heavy (non-hydrogen) atoms. The number of thiazole rings is 1. The first-order valence-electron chi connectivity index (χ1n) is 6.32. The summed E-state index contributed by atoms with van der Waals surface area (Å²) in [7, 11) is 3.35. The molecule has 0 saturated heterocycles. The van der Waals surface area contributed by atoms with E-state index in [1.165, 1.54) is 11.3 Å². The Labute approximate surface area is 118 Å². The van der Waals surface area contributed by atoms with Crippen LogP contribution < -0.4 is 4.90 Å². The number of carbonyl (C=O) groups excluding carboxylic acids is 1. The molecule has 1 heterocycles. The molecule has 1 rings (SSSR count). The van der Waals surface area contributed by atoms with Gasteiger partial charge in [0.2, 0.25) is 0 Å². The smallest absolute Gasteiger partial charge is 0.186 e. The number of nitrogens with zero attached hydrogens (tertiary/aromatic N) is 2. The summed E-state index contributed by atoms with van der Waals surface area (Å²) >= 11 is 1.43. The minimum absolute atomic E-state index is 0.247. The molecule has 0 spiro atoms. The lowest BCUT2D eigenvalue weighted by atomic mass is 10.1. The molecule has 5 nitrogen and oxygen atoms in total. The molecule has 0 aliphatic heterocycles. The summed E-state index contributed by atoms with van der Waals surface area (Å²) < 4.78 is 10.2. The van der Waals surface area contributed by atoms with Crippen LogP contribution in [0.15, 0.2) is 0 Å². The molecule has 108 valence electrons. The van der Waals surface area contributed by atoms with Gasteiger partial charge in [0.15, 0.2) is 11.4 Å². The number of methoxy groups -OCH3 is 2. The lowest BCUT2D eigenvalue weighted by Gasteiger charge is -2.20. The lowest BCUT2D eigenvalue weighted by molar-refractivity contribution is 0.112. The fraction of sp³-hybridized carbons (Fsp3) is 0.692. The molecule has 1 aromatic heterocycles. The van der Waals surface area contributed by atoms with E-state index in [2.05, 4.69) is 9.88 Å². The third-order valence-corrected chi connectivity index (χ3v) is 3.78. The molecule has 0 saturated carbocycles. The van der Waals surface area contributed by atoms with Gasteiger partial charge in [-0.3, -0.25) is 4.79 Å². The highest BCUT2D eigenvalue weighted by atomic mass is 32.1. The number of aromatic nitrogens is 1. The number of anilines is 1. The lowest BCUT2D eigenvalue weighted by Crippen LogP contribution is -2.30. The Morgan fingerprint density at radius 1 is 1.26 bits per heavy atom. The highest BCUT2D eigenvalue weighted by Crippen LogP contribution is 2.29. The van der Waals surface area contributed by atoms with Crippen molar-refractivity contribution in [2.75, 3.05) is 45.4 Å². The van der Waals surface area contributed by atoms with E-state index in [1.807, 2.05) is 13.8 Å². The van der Waals surface area contributed by atoms with Crippen LogP contribution in [0.4, 0.5) is 5.13 Å². The summed E-state index contributed by atoms with van der Waals surface area (Å²) in [5.74, 6) is 0.247. The van der Waals surface area contributed by atoms with Crippen molar-refractivity contribution in [2.45, 2.75) is 19.8 Å². The Kier molecular flexibility index (Phi) is 6.97. The van der Waals surface area contributed by atoms with Crippen LogP contribution in [-0.2, 0) is 9.47 Å². The number of rotatable bonds is 9. The van der Waals surface area contributed by atoms with Gasteiger partial charge in [0.05, 0.1) is 23.8 Å². The van der Waals surface area contributed by atoms with Crippen molar-refractivity contribution in [3.05, 3.63) is 10.6 Å². The maximum atomic E-state index is 11.1. The second kappa shape index (κ2) is 8.24. The predicted octanol–water partition coefficient (Wildman–Crippen LogP) is 2.18. The van der Waals surface area contributed by atoms with Crippen molar-refractivity contribution in [1.82, 2.24) is 4.98 Å². The summed E-state index contributed by atoms with van der Waals surface area (Å²) in [5, 5.41) is 0.861. The molecule has 0 bridgehead atoms. The molecular formula is C13H22N2O3S. The molecule has 0 amide bonds. The molecule has 0 aliphatic rings. The Bertz CT molecular complexity index is 385. The second-order valence-corrected chi connectivity index (χ2v) is 5.50. The minimum Gasteiger partial charge on any atom is -0.383 e. The van der Waals surface area contributed by atoms with Crippen LogP contribution in [0.3, 0.4) is 0 Å². The average Bonchev–Trinajstić information content (AvgIpc) is 2.83. The van der Waals surface area contributed by atoms with Gasteiger partial charge in [-0.1, -0.05) is 25.2 Å². The first-order valence-corrected chi connectivity index (χ1v) is 7.14. The Balaban J connectivity index is 2.90. The van der Waals surface area contributed by atoms with E-state index >= 15 is 0 Å². The van der Waals surface area contributed by atoms with Crippen LogP contribution in [0, 0.1) is 0 Å². The van der Waals surface area contributed by atoms with Gasteiger partial charge in [-0.2, -0.15) is 0 Å². The van der Waals surface area contributed by atoms with E-state index in [9.17, 15) is 4.79 Å². The van der Waals surface area contributed by atoms with Gasteiger partial charge < -0.3 is 14.4 Å². The molecule has 0 N–H and O–H groups in total. The van der Waals surface area contributed by atoms with Crippen molar-refractivity contribution >= 4 is 22.8 Å². The van der Waals surface area contributed by atoms with Gasteiger partial charge in [-0.05, 0) is 5.92 Å². The van der Waals surface area contributed by atoms with Crippen molar-refractivity contribution < 1.29 is 14.3 Å². The van der Waals surface area contributed by atoms with Crippen molar-refractivity contribution in [3.63, 3.8) is 0 Å². The Morgan fingerprint density at radius 2 is 1.84 bits per heavy atom. The van der Waals surface area contributed by atoms with E-state index in [4.69, 9.17) is 9.47 Å². The molecule has 0 unspecified atom stereocenters. The predicted molar refractivity (Wildman–Crippen MR) is 77.6 cm³/mol. The van der Waals surface area contributed by atoms with Crippen molar-refractivity contribution in [1.29, 1.82) is 0 Å². The van der Waals surface area contributed by atoms with E-state index in [-0.39, 0.29) is 5.92 Å². The topological polar surface area (TPSA) is 51.7 Å². The zero-order valence-electron chi connectivity index (χ0n) is 12.0. The van der Waals surface area contributed by atoms with E-state index in [0.717, 1.165) is 30.2 Å². The number of carbonyl (C=O) groups is 1. The number of ether oxygens (including phenoxy) is 2. The van der Waals surface area contributed by atoms with Crippen LogP contribution in [0.1, 0.15) is 35.1 Å².